The molecule has 0 aliphatic carbocycles. The molecule has 0 saturated heterocycles. The molecule has 3 aromatic heterocycles. The van der Waals surface area contributed by atoms with Gasteiger partial charge in [-0.05, 0) is 49.7 Å². The monoisotopic (exact) mass is 366 g/mol. The fourth-order valence-corrected chi connectivity index (χ4v) is 3.55. The number of amides is 1. The van der Waals surface area contributed by atoms with E-state index in [1.807, 2.05) is 37.6 Å². The number of carbonyl (C=O) groups is 1. The highest BCUT2D eigenvalue weighted by molar-refractivity contribution is 7.14. The lowest BCUT2D eigenvalue weighted by Gasteiger charge is -2.04. The van der Waals surface area contributed by atoms with E-state index in [0.29, 0.717) is 22.2 Å². The highest BCUT2D eigenvalue weighted by atomic mass is 32.1. The van der Waals surface area contributed by atoms with Gasteiger partial charge in [0.1, 0.15) is 17.2 Å². The summed E-state index contributed by atoms with van der Waals surface area (Å²) in [5.41, 5.74) is 4.40. The number of imidazole rings is 1. The van der Waals surface area contributed by atoms with Crippen molar-refractivity contribution in [1.82, 2.24) is 14.4 Å². The van der Waals surface area contributed by atoms with Gasteiger partial charge in [-0.2, -0.15) is 0 Å². The second kappa shape index (κ2) is 6.34. The van der Waals surface area contributed by atoms with E-state index in [9.17, 15) is 9.18 Å². The predicted octanol–water partition coefficient (Wildman–Crippen LogP) is 4.47. The van der Waals surface area contributed by atoms with Crippen LogP contribution in [0, 0.1) is 19.7 Å². The van der Waals surface area contributed by atoms with Crippen LogP contribution in [0.1, 0.15) is 21.7 Å². The molecule has 3 heterocycles. The standard InChI is InChI=1S/C19H15FN4OS/c1-11-4-3-9-24-16(12(2)21-17(11)24)18(25)23-19-22-15(10-26-19)13-5-7-14(20)8-6-13/h3-10H,1-2H3,(H,22,23,25). The van der Waals surface area contributed by atoms with Gasteiger partial charge in [0, 0.05) is 17.1 Å². The number of anilines is 1. The fraction of sp³-hybridized carbons (Fsp3) is 0.105. The smallest absolute Gasteiger partial charge is 0.276 e. The van der Waals surface area contributed by atoms with Crippen molar-refractivity contribution in [2.24, 2.45) is 0 Å². The van der Waals surface area contributed by atoms with Gasteiger partial charge in [0.05, 0.1) is 11.4 Å². The molecule has 0 unspecified atom stereocenters. The van der Waals surface area contributed by atoms with Gasteiger partial charge in [0.15, 0.2) is 5.13 Å². The molecule has 1 amide bonds. The molecule has 7 heteroatoms. The van der Waals surface area contributed by atoms with Gasteiger partial charge in [-0.1, -0.05) is 6.07 Å². The second-order valence-electron chi connectivity index (χ2n) is 5.93. The molecule has 1 N–H and O–H groups in total. The first-order valence-electron chi connectivity index (χ1n) is 8.00. The maximum absolute atomic E-state index is 13.0. The molecule has 0 fully saturated rings. The number of pyridine rings is 1. The molecule has 1 aromatic carbocycles. The Morgan fingerprint density at radius 2 is 1.92 bits per heavy atom. The van der Waals surface area contributed by atoms with E-state index in [2.05, 4.69) is 15.3 Å². The van der Waals surface area contributed by atoms with Gasteiger partial charge in [-0.15, -0.1) is 11.3 Å². The Labute approximate surface area is 153 Å². The number of thiazole rings is 1. The summed E-state index contributed by atoms with van der Waals surface area (Å²) in [6, 6.07) is 9.93. The average molecular weight is 366 g/mol. The fourth-order valence-electron chi connectivity index (χ4n) is 2.83. The molecule has 4 rings (SSSR count). The molecule has 4 aromatic rings. The van der Waals surface area contributed by atoms with Crippen LogP contribution < -0.4 is 5.32 Å². The first kappa shape index (κ1) is 16.4. The summed E-state index contributed by atoms with van der Waals surface area (Å²) in [7, 11) is 0. The van der Waals surface area contributed by atoms with E-state index < -0.39 is 0 Å². The van der Waals surface area contributed by atoms with E-state index in [1.54, 1.807) is 16.5 Å². The largest absolute Gasteiger partial charge is 0.296 e. The number of nitrogens with one attached hydrogen (secondary N) is 1. The summed E-state index contributed by atoms with van der Waals surface area (Å²) < 4.78 is 14.8. The van der Waals surface area contributed by atoms with Crippen molar-refractivity contribution < 1.29 is 9.18 Å². The Bertz CT molecular complexity index is 1110. The first-order valence-corrected chi connectivity index (χ1v) is 8.88. The highest BCUT2D eigenvalue weighted by Crippen LogP contribution is 2.26. The van der Waals surface area contributed by atoms with Crippen LogP contribution in [0.15, 0.2) is 48.0 Å². The highest BCUT2D eigenvalue weighted by Gasteiger charge is 2.18. The van der Waals surface area contributed by atoms with Gasteiger partial charge in [-0.25, -0.2) is 14.4 Å². The SMILES string of the molecule is Cc1nc2c(C)cccn2c1C(=O)Nc1nc(-c2ccc(F)cc2)cs1. The van der Waals surface area contributed by atoms with Gasteiger partial charge in [0.25, 0.3) is 5.91 Å². The molecule has 0 atom stereocenters. The van der Waals surface area contributed by atoms with Crippen molar-refractivity contribution in [2.45, 2.75) is 13.8 Å². The third-order valence-electron chi connectivity index (χ3n) is 4.10. The number of hydrogen-bond acceptors (Lipinski definition) is 4. The Morgan fingerprint density at radius 1 is 1.15 bits per heavy atom. The van der Waals surface area contributed by atoms with E-state index in [1.165, 1.54) is 23.5 Å². The topological polar surface area (TPSA) is 59.3 Å². The zero-order valence-corrected chi connectivity index (χ0v) is 15.0. The molecule has 0 aliphatic heterocycles. The molecule has 0 saturated carbocycles. The molecule has 130 valence electrons. The van der Waals surface area contributed by atoms with Gasteiger partial charge in [-0.3, -0.25) is 14.5 Å². The van der Waals surface area contributed by atoms with E-state index in [0.717, 1.165) is 16.8 Å². The number of aromatic nitrogens is 3. The summed E-state index contributed by atoms with van der Waals surface area (Å²) in [4.78, 5) is 21.7. The molecule has 0 aliphatic rings. The maximum Gasteiger partial charge on any atom is 0.276 e. The Hall–Kier alpha value is -3.06. The minimum Gasteiger partial charge on any atom is -0.296 e. The molecule has 26 heavy (non-hydrogen) atoms. The minimum atomic E-state index is -0.295. The van der Waals surface area contributed by atoms with Gasteiger partial charge < -0.3 is 0 Å². The molecular weight excluding hydrogens is 351 g/mol. The molecular formula is C19H15FN4OS. The number of rotatable bonds is 3. The van der Waals surface area contributed by atoms with E-state index in [4.69, 9.17) is 0 Å². The van der Waals surface area contributed by atoms with Crippen LogP contribution in [0.3, 0.4) is 0 Å². The average Bonchev–Trinajstić information content (AvgIpc) is 3.20. The molecule has 0 bridgehead atoms. The van der Waals surface area contributed by atoms with Crippen molar-refractivity contribution in [3.8, 4) is 11.3 Å². The van der Waals surface area contributed by atoms with Crippen molar-refractivity contribution in [3.63, 3.8) is 0 Å². The van der Waals surface area contributed by atoms with Crippen molar-refractivity contribution in [1.29, 1.82) is 0 Å². The second-order valence-corrected chi connectivity index (χ2v) is 6.79. The van der Waals surface area contributed by atoms with Crippen molar-refractivity contribution in [3.05, 3.63) is 70.7 Å². The lowest BCUT2D eigenvalue weighted by Crippen LogP contribution is -2.15. The number of nitrogens with zero attached hydrogens (tertiary/aromatic N) is 3. The summed E-state index contributed by atoms with van der Waals surface area (Å²) in [6.07, 6.45) is 1.82. The van der Waals surface area contributed by atoms with Crippen LogP contribution in [-0.4, -0.2) is 20.3 Å². The lowest BCUT2D eigenvalue weighted by molar-refractivity contribution is 0.102. The number of aryl methyl sites for hydroxylation is 2. The zero-order chi connectivity index (χ0) is 18.3. The number of carbonyl (C=O) groups excluding carboxylic acids is 1. The van der Waals surface area contributed by atoms with Gasteiger partial charge >= 0.3 is 0 Å². The summed E-state index contributed by atoms with van der Waals surface area (Å²) >= 11 is 1.32. The Kier molecular flexibility index (Phi) is 4.00. The third-order valence-corrected chi connectivity index (χ3v) is 4.86. The summed E-state index contributed by atoms with van der Waals surface area (Å²) in [5, 5.41) is 5.14. The molecule has 5 nitrogen and oxygen atoms in total. The zero-order valence-electron chi connectivity index (χ0n) is 14.2. The predicted molar refractivity (Wildman–Crippen MR) is 100 cm³/mol. The third kappa shape index (κ3) is 2.86. The van der Waals surface area contributed by atoms with Crippen LogP contribution in [0.4, 0.5) is 9.52 Å². The Balaban J connectivity index is 1.62. The maximum atomic E-state index is 13.0. The van der Waals surface area contributed by atoms with Crippen LogP contribution in [0.2, 0.25) is 0 Å². The van der Waals surface area contributed by atoms with Crippen LogP contribution in [0.5, 0.6) is 0 Å². The van der Waals surface area contributed by atoms with E-state index in [-0.39, 0.29) is 11.7 Å². The lowest BCUT2D eigenvalue weighted by atomic mass is 10.2. The minimum absolute atomic E-state index is 0.263. The number of hydrogen-bond donors (Lipinski definition) is 1. The normalized spacial score (nSPS) is 11.0. The number of fused-ring (bicyclic) bond motifs is 1. The summed E-state index contributed by atoms with van der Waals surface area (Å²) in [6.45, 7) is 3.77. The Morgan fingerprint density at radius 3 is 2.69 bits per heavy atom. The number of halogens is 1. The van der Waals surface area contributed by atoms with Crippen LogP contribution in [-0.2, 0) is 0 Å². The molecule has 0 spiro atoms. The van der Waals surface area contributed by atoms with Crippen molar-refractivity contribution >= 4 is 28.0 Å². The van der Waals surface area contributed by atoms with E-state index >= 15 is 0 Å². The first-order chi connectivity index (χ1) is 12.5. The molecule has 0 radical (unpaired) electrons. The quantitative estimate of drug-likeness (QED) is 0.582. The van der Waals surface area contributed by atoms with Crippen LogP contribution >= 0.6 is 11.3 Å². The van der Waals surface area contributed by atoms with Crippen LogP contribution in [0.25, 0.3) is 16.9 Å². The van der Waals surface area contributed by atoms with Crippen molar-refractivity contribution in [2.75, 3.05) is 5.32 Å². The number of benzene rings is 1. The van der Waals surface area contributed by atoms with Gasteiger partial charge in [0.2, 0.25) is 0 Å². The summed E-state index contributed by atoms with van der Waals surface area (Å²) in [5.74, 6) is -0.559.